The van der Waals surface area contributed by atoms with E-state index in [4.69, 9.17) is 19.0 Å². The molecule has 3 rings (SSSR count). The van der Waals surface area contributed by atoms with E-state index in [0.29, 0.717) is 5.75 Å². The average molecular weight is 466 g/mol. The van der Waals surface area contributed by atoms with Crippen LogP contribution in [0.4, 0.5) is 0 Å². The van der Waals surface area contributed by atoms with Crippen LogP contribution in [0.3, 0.4) is 0 Å². The van der Waals surface area contributed by atoms with Crippen molar-refractivity contribution in [1.82, 2.24) is 0 Å². The van der Waals surface area contributed by atoms with Gasteiger partial charge in [-0.1, -0.05) is 18.2 Å². The Balaban J connectivity index is 1.55. The van der Waals surface area contributed by atoms with Crippen LogP contribution in [0.15, 0.2) is 81.1 Å². The van der Waals surface area contributed by atoms with Crippen LogP contribution in [0.5, 0.6) is 5.75 Å². The van der Waals surface area contributed by atoms with Crippen LogP contribution in [0.2, 0.25) is 0 Å². The van der Waals surface area contributed by atoms with E-state index in [2.05, 4.69) is 0 Å². The topological polar surface area (TPSA) is 143 Å². The molecule has 11 heteroatoms. The molecule has 164 valence electrons. The standard InChI is InChI=1S/C20H19NO8S2/c21-31(25,26)18-8-6-16(7-9-18)27-12-13-29-20(22)19-15(10-11-28-19)14-30(23,24)17-4-2-1-3-5-17/h1-11H,12-14H2,(H2,21,25,26). The summed E-state index contributed by atoms with van der Waals surface area (Å²) in [5.74, 6) is -1.07. The number of hydrogen-bond donors (Lipinski definition) is 1. The fraction of sp³-hybridized carbons (Fsp3) is 0.150. The van der Waals surface area contributed by atoms with Crippen molar-refractivity contribution < 1.29 is 35.5 Å². The summed E-state index contributed by atoms with van der Waals surface area (Å²) >= 11 is 0. The predicted molar refractivity (Wildman–Crippen MR) is 110 cm³/mol. The first-order chi connectivity index (χ1) is 14.7. The summed E-state index contributed by atoms with van der Waals surface area (Å²) in [6, 6.07) is 14.7. The quantitative estimate of drug-likeness (QED) is 0.374. The molecule has 0 saturated carbocycles. The SMILES string of the molecule is NS(=O)(=O)c1ccc(OCCOC(=O)c2occc2CS(=O)(=O)c2ccccc2)cc1. The Bertz CT molecular complexity index is 1250. The zero-order chi connectivity index (χ0) is 22.5. The van der Waals surface area contributed by atoms with Gasteiger partial charge in [0.05, 0.1) is 21.8 Å². The molecule has 1 heterocycles. The van der Waals surface area contributed by atoms with Gasteiger partial charge in [0, 0.05) is 5.56 Å². The number of esters is 1. The molecule has 2 N–H and O–H groups in total. The van der Waals surface area contributed by atoms with Gasteiger partial charge in [0.25, 0.3) is 0 Å². The summed E-state index contributed by atoms with van der Waals surface area (Å²) in [6.45, 7) is -0.153. The normalized spacial score (nSPS) is 11.8. The first-order valence-corrected chi connectivity index (χ1v) is 12.1. The molecule has 0 aliphatic rings. The number of nitrogens with two attached hydrogens (primary N) is 1. The Morgan fingerprint density at radius 1 is 0.871 bits per heavy atom. The second-order valence-corrected chi connectivity index (χ2v) is 9.90. The lowest BCUT2D eigenvalue weighted by molar-refractivity contribution is 0.0413. The third-order valence-corrected chi connectivity index (χ3v) is 6.73. The van der Waals surface area contributed by atoms with Crippen LogP contribution in [-0.4, -0.2) is 36.0 Å². The highest BCUT2D eigenvalue weighted by atomic mass is 32.2. The summed E-state index contributed by atoms with van der Waals surface area (Å²) in [5.41, 5.74) is 0.188. The smallest absolute Gasteiger partial charge is 0.374 e. The zero-order valence-corrected chi connectivity index (χ0v) is 17.8. The molecule has 0 aliphatic carbocycles. The minimum Gasteiger partial charge on any atom is -0.490 e. The molecule has 1 aromatic heterocycles. The number of furan rings is 1. The molecule has 2 aromatic carbocycles. The summed E-state index contributed by atoms with van der Waals surface area (Å²) in [7, 11) is -7.45. The number of sulfonamides is 1. The van der Waals surface area contributed by atoms with Crippen LogP contribution in [0, 0.1) is 0 Å². The monoisotopic (exact) mass is 465 g/mol. The van der Waals surface area contributed by atoms with Gasteiger partial charge in [0.1, 0.15) is 19.0 Å². The van der Waals surface area contributed by atoms with E-state index in [9.17, 15) is 21.6 Å². The maximum atomic E-state index is 12.5. The minimum atomic E-state index is -3.79. The van der Waals surface area contributed by atoms with Crippen molar-refractivity contribution >= 4 is 25.8 Å². The van der Waals surface area contributed by atoms with E-state index in [0.717, 1.165) is 0 Å². The number of primary sulfonamides is 1. The molecule has 0 aliphatic heterocycles. The predicted octanol–water partition coefficient (Wildman–Crippen LogP) is 2.14. The number of carbonyl (C=O) groups excluding carboxylic acids is 1. The van der Waals surface area contributed by atoms with Crippen molar-refractivity contribution in [3.05, 3.63) is 78.3 Å². The fourth-order valence-electron chi connectivity index (χ4n) is 2.63. The first kappa shape index (κ1) is 22.5. The highest BCUT2D eigenvalue weighted by Crippen LogP contribution is 2.20. The molecule has 0 amide bonds. The van der Waals surface area contributed by atoms with E-state index in [1.807, 2.05) is 0 Å². The lowest BCUT2D eigenvalue weighted by atomic mass is 10.3. The van der Waals surface area contributed by atoms with Crippen molar-refractivity contribution in [1.29, 1.82) is 0 Å². The molecule has 0 saturated heterocycles. The fourth-order valence-corrected chi connectivity index (χ4v) is 4.52. The van der Waals surface area contributed by atoms with Gasteiger partial charge in [-0.3, -0.25) is 0 Å². The lowest BCUT2D eigenvalue weighted by Gasteiger charge is -2.08. The van der Waals surface area contributed by atoms with Gasteiger partial charge < -0.3 is 13.9 Å². The van der Waals surface area contributed by atoms with Crippen LogP contribution < -0.4 is 9.88 Å². The molecule has 9 nitrogen and oxygen atoms in total. The Kier molecular flexibility index (Phi) is 6.78. The van der Waals surface area contributed by atoms with Gasteiger partial charge in [-0.15, -0.1) is 0 Å². The van der Waals surface area contributed by atoms with E-state index in [-0.39, 0.29) is 34.3 Å². The summed E-state index contributed by atoms with van der Waals surface area (Å²) in [6.07, 6.45) is 1.22. The summed E-state index contributed by atoms with van der Waals surface area (Å²) in [4.78, 5) is 12.4. The third kappa shape index (κ3) is 5.94. The first-order valence-electron chi connectivity index (χ1n) is 8.94. The molecular weight excluding hydrogens is 446 g/mol. The average Bonchev–Trinajstić information content (AvgIpc) is 3.19. The van der Waals surface area contributed by atoms with Crippen molar-refractivity contribution in [3.63, 3.8) is 0 Å². The molecule has 3 aromatic rings. The molecule has 0 spiro atoms. The van der Waals surface area contributed by atoms with Gasteiger partial charge in [-0.05, 0) is 42.5 Å². The van der Waals surface area contributed by atoms with E-state index in [1.165, 1.54) is 48.7 Å². The Labute approximate surface area is 179 Å². The lowest BCUT2D eigenvalue weighted by Crippen LogP contribution is -2.14. The Hall–Kier alpha value is -3.15. The zero-order valence-electron chi connectivity index (χ0n) is 16.1. The molecule has 0 atom stereocenters. The number of hydrogen-bond acceptors (Lipinski definition) is 8. The van der Waals surface area contributed by atoms with Gasteiger partial charge >= 0.3 is 5.97 Å². The maximum Gasteiger partial charge on any atom is 0.374 e. The molecule has 0 bridgehead atoms. The second kappa shape index (κ2) is 9.33. The van der Waals surface area contributed by atoms with Crippen LogP contribution in [0.25, 0.3) is 0 Å². The molecule has 31 heavy (non-hydrogen) atoms. The number of carbonyl (C=O) groups is 1. The van der Waals surface area contributed by atoms with Gasteiger partial charge in [0.2, 0.25) is 15.8 Å². The van der Waals surface area contributed by atoms with Crippen molar-refractivity contribution in [2.75, 3.05) is 13.2 Å². The van der Waals surface area contributed by atoms with Crippen molar-refractivity contribution in [2.45, 2.75) is 15.5 Å². The van der Waals surface area contributed by atoms with Crippen LogP contribution in [-0.2, 0) is 30.4 Å². The maximum absolute atomic E-state index is 12.5. The molecule has 0 fully saturated rings. The second-order valence-electron chi connectivity index (χ2n) is 6.35. The van der Waals surface area contributed by atoms with Crippen molar-refractivity contribution in [3.8, 4) is 5.75 Å². The highest BCUT2D eigenvalue weighted by molar-refractivity contribution is 7.90. The number of benzene rings is 2. The molecule has 0 radical (unpaired) electrons. The largest absolute Gasteiger partial charge is 0.490 e. The van der Waals surface area contributed by atoms with Gasteiger partial charge in [0.15, 0.2) is 9.84 Å². The Morgan fingerprint density at radius 2 is 1.55 bits per heavy atom. The van der Waals surface area contributed by atoms with Crippen molar-refractivity contribution in [2.24, 2.45) is 5.14 Å². The van der Waals surface area contributed by atoms with Gasteiger partial charge in [-0.25, -0.2) is 26.8 Å². The summed E-state index contributed by atoms with van der Waals surface area (Å²) < 4.78 is 63.0. The van der Waals surface area contributed by atoms with Crippen LogP contribution in [0.1, 0.15) is 16.1 Å². The van der Waals surface area contributed by atoms with E-state index in [1.54, 1.807) is 18.2 Å². The number of sulfone groups is 1. The third-order valence-electron chi connectivity index (χ3n) is 4.12. The number of ether oxygens (including phenoxy) is 2. The minimum absolute atomic E-state index is 0.0151. The van der Waals surface area contributed by atoms with Crippen LogP contribution >= 0.6 is 0 Å². The highest BCUT2D eigenvalue weighted by Gasteiger charge is 2.23. The Morgan fingerprint density at radius 3 is 2.19 bits per heavy atom. The number of rotatable bonds is 9. The van der Waals surface area contributed by atoms with E-state index >= 15 is 0 Å². The molecule has 0 unspecified atom stereocenters. The summed E-state index contributed by atoms with van der Waals surface area (Å²) in [5, 5.41) is 5.02. The molecular formula is C20H19NO8S2. The van der Waals surface area contributed by atoms with Gasteiger partial charge in [-0.2, -0.15) is 0 Å². The van der Waals surface area contributed by atoms with E-state index < -0.39 is 31.6 Å².